The molecule has 3 aliphatic heterocycles. The molecule has 0 spiro atoms. The van der Waals surface area contributed by atoms with Gasteiger partial charge < -0.3 is 15.1 Å². The maximum absolute atomic E-state index is 13.0. The molecule has 32 heavy (non-hydrogen) atoms. The molecule has 8 nitrogen and oxygen atoms in total. The number of aryl methyl sites for hydroxylation is 2. The Morgan fingerprint density at radius 2 is 1.91 bits per heavy atom. The first-order valence-corrected chi connectivity index (χ1v) is 12.7. The summed E-state index contributed by atoms with van der Waals surface area (Å²) in [5.74, 6) is 0.699. The number of amides is 2. The Morgan fingerprint density at radius 3 is 2.62 bits per heavy atom. The van der Waals surface area contributed by atoms with Gasteiger partial charge in [0.25, 0.3) is 0 Å². The number of aromatic nitrogens is 2. The average Bonchev–Trinajstić information content (AvgIpc) is 3.20. The molecule has 1 atom stereocenters. The molecular formula is C24H40N6O2. The minimum absolute atomic E-state index is 0.0102. The molecular weight excluding hydrogens is 404 g/mol. The summed E-state index contributed by atoms with van der Waals surface area (Å²) in [4.78, 5) is 32.5. The summed E-state index contributed by atoms with van der Waals surface area (Å²) in [6.45, 7) is 11.1. The number of hydrogen-bond donors (Lipinski definition) is 1. The van der Waals surface area contributed by atoms with Gasteiger partial charge in [-0.3, -0.25) is 14.5 Å². The van der Waals surface area contributed by atoms with E-state index >= 15 is 0 Å². The van der Waals surface area contributed by atoms with E-state index in [0.717, 1.165) is 43.6 Å². The van der Waals surface area contributed by atoms with E-state index < -0.39 is 6.04 Å². The number of rotatable bonds is 8. The second kappa shape index (κ2) is 10.8. The molecule has 2 saturated heterocycles. The average molecular weight is 445 g/mol. The minimum atomic E-state index is -0.474. The van der Waals surface area contributed by atoms with Gasteiger partial charge in [-0.15, -0.1) is 0 Å². The van der Waals surface area contributed by atoms with Crippen molar-refractivity contribution < 1.29 is 9.59 Å². The molecule has 2 amide bonds. The number of fused-ring (bicyclic) bond motifs is 1. The molecule has 0 aliphatic carbocycles. The van der Waals surface area contributed by atoms with Gasteiger partial charge in [0.1, 0.15) is 11.9 Å². The molecule has 0 saturated carbocycles. The van der Waals surface area contributed by atoms with Crippen molar-refractivity contribution in [1.29, 1.82) is 0 Å². The number of carbonyl (C=O) groups excluding carboxylic acids is 2. The van der Waals surface area contributed by atoms with Gasteiger partial charge in [-0.1, -0.05) is 13.3 Å². The van der Waals surface area contributed by atoms with Crippen LogP contribution in [0, 0.1) is 6.92 Å². The number of hydrogen-bond acceptors (Lipinski definition) is 5. The quantitative estimate of drug-likeness (QED) is 0.622. The molecule has 178 valence electrons. The van der Waals surface area contributed by atoms with E-state index in [9.17, 15) is 9.59 Å². The zero-order chi connectivity index (χ0) is 22.5. The number of carbonyl (C=O) groups is 2. The van der Waals surface area contributed by atoms with Crippen LogP contribution >= 0.6 is 0 Å². The number of nitrogens with one attached hydrogen (secondary N) is 1. The lowest BCUT2D eigenvalue weighted by Gasteiger charge is -2.40. The SMILES string of the molecule is CC[C@H](C(=O)NCCCN1CCC(N2CCCCC2)CC1)N1C(=O)CCn2nc(C)cc21. The third-order valence-electron chi connectivity index (χ3n) is 7.35. The number of piperidine rings is 2. The molecule has 8 heteroatoms. The van der Waals surface area contributed by atoms with Crippen LogP contribution in [0.25, 0.3) is 0 Å². The van der Waals surface area contributed by atoms with Gasteiger partial charge in [0.15, 0.2) is 0 Å². The molecule has 0 bridgehead atoms. The second-order valence-electron chi connectivity index (χ2n) is 9.62. The number of nitrogens with zero attached hydrogens (tertiary/aromatic N) is 5. The zero-order valence-corrected chi connectivity index (χ0v) is 19.9. The van der Waals surface area contributed by atoms with Crippen LogP contribution < -0.4 is 10.2 Å². The van der Waals surface area contributed by atoms with Crippen molar-refractivity contribution in [3.05, 3.63) is 11.8 Å². The smallest absolute Gasteiger partial charge is 0.243 e. The fourth-order valence-electron chi connectivity index (χ4n) is 5.58. The molecule has 1 aromatic rings. The van der Waals surface area contributed by atoms with Crippen LogP contribution in [0.15, 0.2) is 6.07 Å². The van der Waals surface area contributed by atoms with Crippen LogP contribution in [0.2, 0.25) is 0 Å². The van der Waals surface area contributed by atoms with Gasteiger partial charge >= 0.3 is 0 Å². The summed E-state index contributed by atoms with van der Waals surface area (Å²) in [5, 5.41) is 7.55. The van der Waals surface area contributed by atoms with E-state index in [1.807, 2.05) is 24.6 Å². The van der Waals surface area contributed by atoms with E-state index in [1.165, 1.54) is 45.2 Å². The predicted octanol–water partition coefficient (Wildman–Crippen LogP) is 2.16. The Kier molecular flexibility index (Phi) is 7.84. The maximum atomic E-state index is 13.0. The molecule has 3 aliphatic rings. The first-order chi connectivity index (χ1) is 15.6. The van der Waals surface area contributed by atoms with E-state index in [-0.39, 0.29) is 11.8 Å². The standard InChI is InChI=1S/C24H40N6O2/c1-3-21(30-22-18-19(2)26-29(22)17-10-23(30)31)24(32)25-11-7-12-27-15-8-20(9-16-27)28-13-5-4-6-14-28/h18,20-21H,3-17H2,1-2H3,(H,25,32)/t21-/m1/s1. The van der Waals surface area contributed by atoms with Crippen molar-refractivity contribution in [3.8, 4) is 0 Å². The summed E-state index contributed by atoms with van der Waals surface area (Å²) in [7, 11) is 0. The van der Waals surface area contributed by atoms with E-state index in [2.05, 4.69) is 20.2 Å². The highest BCUT2D eigenvalue weighted by molar-refractivity contribution is 6.00. The second-order valence-corrected chi connectivity index (χ2v) is 9.62. The van der Waals surface area contributed by atoms with Crippen molar-refractivity contribution in [1.82, 2.24) is 24.9 Å². The minimum Gasteiger partial charge on any atom is -0.354 e. The highest BCUT2D eigenvalue weighted by Gasteiger charge is 2.34. The summed E-state index contributed by atoms with van der Waals surface area (Å²) in [6.07, 6.45) is 8.60. The van der Waals surface area contributed by atoms with Crippen LogP contribution in [-0.2, 0) is 16.1 Å². The van der Waals surface area contributed by atoms with Crippen molar-refractivity contribution >= 4 is 17.6 Å². The lowest BCUT2D eigenvalue weighted by molar-refractivity contribution is -0.127. The Hall–Kier alpha value is -1.93. The highest BCUT2D eigenvalue weighted by atomic mass is 16.2. The topological polar surface area (TPSA) is 73.7 Å². The maximum Gasteiger partial charge on any atom is 0.243 e. The summed E-state index contributed by atoms with van der Waals surface area (Å²) in [5.41, 5.74) is 0.874. The van der Waals surface area contributed by atoms with Crippen LogP contribution in [-0.4, -0.2) is 82.7 Å². The molecule has 4 heterocycles. The van der Waals surface area contributed by atoms with E-state index in [4.69, 9.17) is 0 Å². The first kappa shape index (κ1) is 23.2. The molecule has 0 unspecified atom stereocenters. The number of likely N-dealkylation sites (tertiary alicyclic amines) is 2. The van der Waals surface area contributed by atoms with Gasteiger partial charge in [0, 0.05) is 25.1 Å². The molecule has 2 fully saturated rings. The summed E-state index contributed by atoms with van der Waals surface area (Å²) >= 11 is 0. The lowest BCUT2D eigenvalue weighted by atomic mass is 10.00. The van der Waals surface area contributed by atoms with Gasteiger partial charge in [-0.25, -0.2) is 4.68 Å². The van der Waals surface area contributed by atoms with Crippen LogP contribution in [0.5, 0.6) is 0 Å². The Bertz CT molecular complexity index is 779. The van der Waals surface area contributed by atoms with Crippen molar-refractivity contribution in [2.24, 2.45) is 0 Å². The fourth-order valence-corrected chi connectivity index (χ4v) is 5.58. The van der Waals surface area contributed by atoms with Gasteiger partial charge in [0.2, 0.25) is 11.8 Å². The molecule has 0 aromatic carbocycles. The highest BCUT2D eigenvalue weighted by Crippen LogP contribution is 2.26. The largest absolute Gasteiger partial charge is 0.354 e. The summed E-state index contributed by atoms with van der Waals surface area (Å²) < 4.78 is 1.85. The van der Waals surface area contributed by atoms with Gasteiger partial charge in [-0.05, 0) is 78.2 Å². The van der Waals surface area contributed by atoms with Crippen LogP contribution in [0.3, 0.4) is 0 Å². The predicted molar refractivity (Wildman–Crippen MR) is 126 cm³/mol. The molecule has 0 radical (unpaired) electrons. The normalized spacial score (nSPS) is 22.1. The molecule has 1 N–H and O–H groups in total. The van der Waals surface area contributed by atoms with Crippen LogP contribution in [0.4, 0.5) is 5.82 Å². The molecule has 4 rings (SSSR count). The monoisotopic (exact) mass is 444 g/mol. The van der Waals surface area contributed by atoms with E-state index in [1.54, 1.807) is 4.90 Å². The van der Waals surface area contributed by atoms with E-state index in [0.29, 0.717) is 25.9 Å². The third-order valence-corrected chi connectivity index (χ3v) is 7.35. The Balaban J connectivity index is 1.20. The van der Waals surface area contributed by atoms with Gasteiger partial charge in [0.05, 0.1) is 12.2 Å². The van der Waals surface area contributed by atoms with Crippen LogP contribution in [0.1, 0.15) is 64.0 Å². The summed E-state index contributed by atoms with van der Waals surface area (Å²) in [6, 6.07) is 2.20. The van der Waals surface area contributed by atoms with Crippen molar-refractivity contribution in [3.63, 3.8) is 0 Å². The van der Waals surface area contributed by atoms with Crippen molar-refractivity contribution in [2.45, 2.75) is 83.8 Å². The Labute approximate surface area is 192 Å². The zero-order valence-electron chi connectivity index (χ0n) is 19.9. The van der Waals surface area contributed by atoms with Gasteiger partial charge in [-0.2, -0.15) is 5.10 Å². The Morgan fingerprint density at radius 1 is 1.16 bits per heavy atom. The fraction of sp³-hybridized carbons (Fsp3) is 0.792. The van der Waals surface area contributed by atoms with Crippen molar-refractivity contribution in [2.75, 3.05) is 44.2 Å². The first-order valence-electron chi connectivity index (χ1n) is 12.7. The third kappa shape index (κ3) is 5.34. The molecule has 1 aromatic heterocycles. The lowest BCUT2D eigenvalue weighted by Crippen LogP contribution is -2.52. The number of anilines is 1.